The van der Waals surface area contributed by atoms with Crippen molar-refractivity contribution in [3.8, 4) is 12.1 Å². The maximum absolute atomic E-state index is 9.00. The van der Waals surface area contributed by atoms with Gasteiger partial charge < -0.3 is 10.1 Å². The van der Waals surface area contributed by atoms with Crippen molar-refractivity contribution in [1.82, 2.24) is 15.0 Å². The summed E-state index contributed by atoms with van der Waals surface area (Å²) in [4.78, 5) is 11.9. The zero-order valence-electron chi connectivity index (χ0n) is 10.1. The zero-order valence-corrected chi connectivity index (χ0v) is 10.1. The number of nitrogens with zero attached hydrogens (tertiary/aromatic N) is 4. The lowest BCUT2D eigenvalue weighted by molar-refractivity contribution is 0.379. The minimum absolute atomic E-state index is 0.111. The van der Waals surface area contributed by atoms with E-state index in [-0.39, 0.29) is 17.9 Å². The van der Waals surface area contributed by atoms with E-state index in [0.717, 1.165) is 0 Å². The lowest BCUT2D eigenvalue weighted by Crippen LogP contribution is -2.13. The van der Waals surface area contributed by atoms with Gasteiger partial charge in [0.2, 0.25) is 11.9 Å². The SMILES string of the molecule is COc1nc(NN)nc(Nc2ccccc2C#N)n1. The number of nitrogen functional groups attached to an aromatic ring is 1. The fourth-order valence-electron chi connectivity index (χ4n) is 1.38. The molecule has 8 heteroatoms. The van der Waals surface area contributed by atoms with E-state index in [1.165, 1.54) is 7.11 Å². The van der Waals surface area contributed by atoms with Crippen LogP contribution in [0, 0.1) is 11.3 Å². The van der Waals surface area contributed by atoms with Crippen LogP contribution < -0.4 is 21.3 Å². The normalized spacial score (nSPS) is 9.53. The van der Waals surface area contributed by atoms with Crippen molar-refractivity contribution in [1.29, 1.82) is 5.26 Å². The van der Waals surface area contributed by atoms with Gasteiger partial charge in [0.15, 0.2) is 0 Å². The Morgan fingerprint density at radius 3 is 2.63 bits per heavy atom. The van der Waals surface area contributed by atoms with Gasteiger partial charge in [-0.2, -0.15) is 20.2 Å². The molecule has 19 heavy (non-hydrogen) atoms. The summed E-state index contributed by atoms with van der Waals surface area (Å²) >= 11 is 0. The molecular formula is C11H11N7O. The van der Waals surface area contributed by atoms with Crippen LogP contribution in [0.2, 0.25) is 0 Å². The molecule has 0 atom stereocenters. The van der Waals surface area contributed by atoms with Gasteiger partial charge in [-0.15, -0.1) is 0 Å². The van der Waals surface area contributed by atoms with Crippen molar-refractivity contribution < 1.29 is 4.74 Å². The third-order valence-corrected chi connectivity index (χ3v) is 2.22. The number of hydrogen-bond acceptors (Lipinski definition) is 8. The van der Waals surface area contributed by atoms with Crippen molar-refractivity contribution in [2.75, 3.05) is 17.9 Å². The molecule has 0 fully saturated rings. The van der Waals surface area contributed by atoms with Crippen molar-refractivity contribution >= 4 is 17.6 Å². The molecule has 0 radical (unpaired) electrons. The number of hydrazine groups is 1. The first-order valence-electron chi connectivity index (χ1n) is 5.29. The lowest BCUT2D eigenvalue weighted by Gasteiger charge is -2.08. The molecular weight excluding hydrogens is 246 g/mol. The summed E-state index contributed by atoms with van der Waals surface area (Å²) < 4.78 is 4.93. The highest BCUT2D eigenvalue weighted by Gasteiger charge is 2.08. The maximum Gasteiger partial charge on any atom is 0.322 e. The number of benzene rings is 1. The zero-order chi connectivity index (χ0) is 13.7. The van der Waals surface area contributed by atoms with Gasteiger partial charge in [0.05, 0.1) is 18.4 Å². The largest absolute Gasteiger partial charge is 0.467 e. The molecule has 0 aliphatic heterocycles. The minimum atomic E-state index is 0.111. The van der Waals surface area contributed by atoms with Gasteiger partial charge in [-0.05, 0) is 12.1 Å². The summed E-state index contributed by atoms with van der Waals surface area (Å²) in [5.74, 6) is 5.63. The van der Waals surface area contributed by atoms with E-state index in [9.17, 15) is 0 Å². The average Bonchev–Trinajstić information content (AvgIpc) is 2.47. The predicted molar refractivity (Wildman–Crippen MR) is 68.6 cm³/mol. The smallest absolute Gasteiger partial charge is 0.322 e. The van der Waals surface area contributed by atoms with Crippen LogP contribution in [0.25, 0.3) is 0 Å². The molecule has 2 aromatic rings. The molecule has 0 saturated carbocycles. The Morgan fingerprint density at radius 1 is 1.21 bits per heavy atom. The second-order valence-corrected chi connectivity index (χ2v) is 3.40. The Morgan fingerprint density at radius 2 is 1.95 bits per heavy atom. The number of anilines is 3. The van der Waals surface area contributed by atoms with E-state index in [0.29, 0.717) is 11.3 Å². The molecule has 0 aliphatic carbocycles. The average molecular weight is 257 g/mol. The second-order valence-electron chi connectivity index (χ2n) is 3.40. The molecule has 4 N–H and O–H groups in total. The Kier molecular flexibility index (Phi) is 3.70. The first-order valence-corrected chi connectivity index (χ1v) is 5.29. The Labute approximate surface area is 109 Å². The number of hydrogen-bond donors (Lipinski definition) is 3. The van der Waals surface area contributed by atoms with Gasteiger partial charge in [-0.1, -0.05) is 12.1 Å². The van der Waals surface area contributed by atoms with Crippen LogP contribution in [0.4, 0.5) is 17.6 Å². The summed E-state index contributed by atoms with van der Waals surface area (Å²) in [5, 5.41) is 11.9. The number of nitrogens with two attached hydrogens (primary N) is 1. The van der Waals surface area contributed by atoms with E-state index in [2.05, 4.69) is 31.8 Å². The maximum atomic E-state index is 9.00. The molecule has 1 aromatic carbocycles. The molecule has 1 aromatic heterocycles. The van der Waals surface area contributed by atoms with Crippen LogP contribution in [0.1, 0.15) is 5.56 Å². The third kappa shape index (κ3) is 2.85. The van der Waals surface area contributed by atoms with Crippen molar-refractivity contribution in [2.24, 2.45) is 5.84 Å². The standard InChI is InChI=1S/C11H11N7O/c1-19-11-16-9(15-10(17-11)18-13)14-8-5-3-2-4-7(8)6-12/h2-5H,13H2,1H3,(H2,14,15,16,17,18). The van der Waals surface area contributed by atoms with Crippen LogP contribution in [-0.2, 0) is 0 Å². The number of nitrogens with one attached hydrogen (secondary N) is 2. The van der Waals surface area contributed by atoms with Gasteiger partial charge in [-0.3, -0.25) is 5.43 Å². The van der Waals surface area contributed by atoms with Crippen LogP contribution in [0.5, 0.6) is 6.01 Å². The fraction of sp³-hybridized carbons (Fsp3) is 0.0909. The Bertz CT molecular complexity index is 600. The Balaban J connectivity index is 2.35. The lowest BCUT2D eigenvalue weighted by atomic mass is 10.2. The molecule has 0 spiro atoms. The monoisotopic (exact) mass is 257 g/mol. The first-order chi connectivity index (χ1) is 9.26. The van der Waals surface area contributed by atoms with E-state index < -0.39 is 0 Å². The van der Waals surface area contributed by atoms with Crippen molar-refractivity contribution in [2.45, 2.75) is 0 Å². The van der Waals surface area contributed by atoms with Crippen LogP contribution >= 0.6 is 0 Å². The molecule has 0 aliphatic rings. The summed E-state index contributed by atoms with van der Waals surface area (Å²) in [6.07, 6.45) is 0. The number of methoxy groups -OCH3 is 1. The molecule has 8 nitrogen and oxygen atoms in total. The van der Waals surface area contributed by atoms with Crippen LogP contribution in [-0.4, -0.2) is 22.1 Å². The topological polar surface area (TPSA) is 122 Å². The second kappa shape index (κ2) is 5.61. The highest BCUT2D eigenvalue weighted by Crippen LogP contribution is 2.19. The van der Waals surface area contributed by atoms with Gasteiger partial charge in [0.25, 0.3) is 0 Å². The number of aromatic nitrogens is 3. The summed E-state index contributed by atoms with van der Waals surface area (Å²) in [5.41, 5.74) is 3.37. The molecule has 0 unspecified atom stereocenters. The number of ether oxygens (including phenoxy) is 1. The molecule has 1 heterocycles. The first kappa shape index (κ1) is 12.5. The molecule has 0 amide bonds. The highest BCUT2D eigenvalue weighted by molar-refractivity contribution is 5.63. The summed E-state index contributed by atoms with van der Waals surface area (Å²) in [7, 11) is 1.43. The van der Waals surface area contributed by atoms with E-state index in [4.69, 9.17) is 15.8 Å². The van der Waals surface area contributed by atoms with Gasteiger partial charge >= 0.3 is 6.01 Å². The van der Waals surface area contributed by atoms with E-state index in [1.807, 2.05) is 0 Å². The molecule has 0 saturated heterocycles. The third-order valence-electron chi connectivity index (χ3n) is 2.22. The van der Waals surface area contributed by atoms with Crippen LogP contribution in [0.3, 0.4) is 0 Å². The van der Waals surface area contributed by atoms with E-state index in [1.54, 1.807) is 24.3 Å². The summed E-state index contributed by atoms with van der Waals surface area (Å²) in [6.45, 7) is 0. The van der Waals surface area contributed by atoms with Gasteiger partial charge in [-0.25, -0.2) is 5.84 Å². The number of rotatable bonds is 4. The van der Waals surface area contributed by atoms with Crippen molar-refractivity contribution in [3.63, 3.8) is 0 Å². The van der Waals surface area contributed by atoms with Gasteiger partial charge in [0.1, 0.15) is 6.07 Å². The minimum Gasteiger partial charge on any atom is -0.467 e. The number of nitriles is 1. The predicted octanol–water partition coefficient (Wildman–Crippen LogP) is 0.781. The van der Waals surface area contributed by atoms with E-state index >= 15 is 0 Å². The molecule has 0 bridgehead atoms. The highest BCUT2D eigenvalue weighted by atomic mass is 16.5. The van der Waals surface area contributed by atoms with Crippen LogP contribution in [0.15, 0.2) is 24.3 Å². The summed E-state index contributed by atoms with van der Waals surface area (Å²) in [6, 6.07) is 9.17. The van der Waals surface area contributed by atoms with Crippen molar-refractivity contribution in [3.05, 3.63) is 29.8 Å². The molecule has 96 valence electrons. The molecule has 2 rings (SSSR count). The van der Waals surface area contributed by atoms with Gasteiger partial charge in [0, 0.05) is 0 Å². The Hall–Kier alpha value is -2.92. The quantitative estimate of drug-likeness (QED) is 0.542. The fourth-order valence-corrected chi connectivity index (χ4v) is 1.38. The number of para-hydroxylation sites is 1.